The van der Waals surface area contributed by atoms with Crippen LogP contribution in [0.15, 0.2) is 24.3 Å². The van der Waals surface area contributed by atoms with Gasteiger partial charge in [-0.05, 0) is 18.2 Å². The Morgan fingerprint density at radius 3 is 3.18 bits per heavy atom. The minimum atomic E-state index is -0.953. The molecule has 1 unspecified atom stereocenters. The highest BCUT2D eigenvalue weighted by Crippen LogP contribution is 2.14. The molecule has 1 heterocycles. The number of hydrogen-bond donors (Lipinski definition) is 2. The lowest BCUT2D eigenvalue weighted by Crippen LogP contribution is -2.41. The van der Waals surface area contributed by atoms with E-state index >= 15 is 0 Å². The van der Waals surface area contributed by atoms with Crippen molar-refractivity contribution in [2.75, 3.05) is 26.3 Å². The number of nitrogens with one attached hydrogen (secondary N) is 1. The Morgan fingerprint density at radius 1 is 1.59 bits per heavy atom. The van der Waals surface area contributed by atoms with E-state index in [1.54, 1.807) is 12.1 Å². The summed E-state index contributed by atoms with van der Waals surface area (Å²) in [5, 5.41) is 12.0. The molecule has 2 N–H and O–H groups in total. The lowest BCUT2D eigenvalue weighted by atomic mass is 10.2. The van der Waals surface area contributed by atoms with E-state index in [1.165, 1.54) is 12.1 Å². The molecule has 0 amide bonds. The molecule has 17 heavy (non-hydrogen) atoms. The summed E-state index contributed by atoms with van der Waals surface area (Å²) in [6.45, 7) is 2.74. The molecule has 1 aliphatic rings. The van der Waals surface area contributed by atoms with Crippen molar-refractivity contribution in [2.45, 2.75) is 6.10 Å². The molecular formula is C12H15NO4. The van der Waals surface area contributed by atoms with Crippen molar-refractivity contribution in [1.29, 1.82) is 0 Å². The molecule has 1 fully saturated rings. The van der Waals surface area contributed by atoms with Gasteiger partial charge < -0.3 is 19.9 Å². The zero-order chi connectivity index (χ0) is 12.1. The Balaban J connectivity index is 1.89. The van der Waals surface area contributed by atoms with Crippen LogP contribution >= 0.6 is 0 Å². The number of benzene rings is 1. The number of hydrogen-bond acceptors (Lipinski definition) is 4. The maximum atomic E-state index is 10.8. The zero-order valence-electron chi connectivity index (χ0n) is 9.39. The van der Waals surface area contributed by atoms with Crippen molar-refractivity contribution >= 4 is 5.97 Å². The van der Waals surface area contributed by atoms with Gasteiger partial charge in [-0.25, -0.2) is 4.79 Å². The molecule has 5 heteroatoms. The molecule has 1 aliphatic heterocycles. The first-order valence-electron chi connectivity index (χ1n) is 5.54. The van der Waals surface area contributed by atoms with Gasteiger partial charge in [0.25, 0.3) is 0 Å². The molecule has 1 aromatic carbocycles. The number of aromatic carboxylic acids is 1. The molecule has 1 aromatic rings. The van der Waals surface area contributed by atoms with Crippen molar-refractivity contribution in [3.63, 3.8) is 0 Å². The van der Waals surface area contributed by atoms with E-state index < -0.39 is 5.97 Å². The third-order valence-corrected chi connectivity index (χ3v) is 2.52. The van der Waals surface area contributed by atoms with Gasteiger partial charge in [-0.1, -0.05) is 6.07 Å². The summed E-state index contributed by atoms with van der Waals surface area (Å²) in [7, 11) is 0. The second kappa shape index (κ2) is 5.65. The first-order chi connectivity index (χ1) is 8.25. The summed E-state index contributed by atoms with van der Waals surface area (Å²) in [6, 6.07) is 6.45. The van der Waals surface area contributed by atoms with E-state index in [9.17, 15) is 4.79 Å². The molecular weight excluding hydrogens is 222 g/mol. The largest absolute Gasteiger partial charge is 0.491 e. The Labute approximate surface area is 99.3 Å². The van der Waals surface area contributed by atoms with E-state index in [2.05, 4.69) is 5.32 Å². The summed E-state index contributed by atoms with van der Waals surface area (Å²) in [5.74, 6) is -0.398. The average molecular weight is 237 g/mol. The number of carboxylic acid groups (broad SMARTS) is 1. The summed E-state index contributed by atoms with van der Waals surface area (Å²) in [6.07, 6.45) is 0.0252. The minimum absolute atomic E-state index is 0.0252. The first-order valence-corrected chi connectivity index (χ1v) is 5.54. The molecule has 1 saturated heterocycles. The van der Waals surface area contributed by atoms with Gasteiger partial charge in [-0.2, -0.15) is 0 Å². The van der Waals surface area contributed by atoms with Crippen LogP contribution in [0.5, 0.6) is 5.75 Å². The predicted octanol–water partition coefficient (Wildman–Crippen LogP) is 0.752. The Morgan fingerprint density at radius 2 is 2.47 bits per heavy atom. The molecule has 5 nitrogen and oxygen atoms in total. The lowest BCUT2D eigenvalue weighted by Gasteiger charge is -2.23. The highest BCUT2D eigenvalue weighted by atomic mass is 16.5. The smallest absolute Gasteiger partial charge is 0.335 e. The highest BCUT2D eigenvalue weighted by molar-refractivity contribution is 5.87. The summed E-state index contributed by atoms with van der Waals surface area (Å²) < 4.78 is 11.0. The van der Waals surface area contributed by atoms with Gasteiger partial charge in [0.2, 0.25) is 0 Å². The molecule has 0 aromatic heterocycles. The molecule has 0 bridgehead atoms. The molecule has 92 valence electrons. The van der Waals surface area contributed by atoms with Gasteiger partial charge >= 0.3 is 5.97 Å². The number of carboxylic acids is 1. The van der Waals surface area contributed by atoms with Gasteiger partial charge in [0.05, 0.1) is 12.2 Å². The topological polar surface area (TPSA) is 67.8 Å². The highest BCUT2D eigenvalue weighted by Gasteiger charge is 2.14. The Bertz CT molecular complexity index is 388. The van der Waals surface area contributed by atoms with Crippen molar-refractivity contribution in [2.24, 2.45) is 0 Å². The fourth-order valence-electron chi connectivity index (χ4n) is 1.63. The van der Waals surface area contributed by atoms with Crippen molar-refractivity contribution in [3.05, 3.63) is 29.8 Å². The average Bonchev–Trinajstić information content (AvgIpc) is 2.38. The number of morpholine rings is 1. The van der Waals surface area contributed by atoms with E-state index in [4.69, 9.17) is 14.6 Å². The van der Waals surface area contributed by atoms with Crippen LogP contribution in [-0.4, -0.2) is 43.5 Å². The van der Waals surface area contributed by atoms with Gasteiger partial charge in [-0.3, -0.25) is 0 Å². The fourth-order valence-corrected chi connectivity index (χ4v) is 1.63. The summed E-state index contributed by atoms with van der Waals surface area (Å²) in [5.41, 5.74) is 0.227. The molecule has 0 saturated carbocycles. The third kappa shape index (κ3) is 3.44. The predicted molar refractivity (Wildman–Crippen MR) is 61.5 cm³/mol. The number of rotatable bonds is 4. The van der Waals surface area contributed by atoms with Crippen LogP contribution in [0.2, 0.25) is 0 Å². The van der Waals surface area contributed by atoms with Crippen LogP contribution in [0.4, 0.5) is 0 Å². The van der Waals surface area contributed by atoms with E-state index in [0.29, 0.717) is 19.0 Å². The normalized spacial score (nSPS) is 19.9. The molecule has 0 radical (unpaired) electrons. The number of carbonyl (C=O) groups is 1. The first kappa shape index (κ1) is 11.9. The van der Waals surface area contributed by atoms with Crippen LogP contribution < -0.4 is 10.1 Å². The summed E-state index contributed by atoms with van der Waals surface area (Å²) >= 11 is 0. The molecule has 2 rings (SSSR count). The maximum absolute atomic E-state index is 10.8. The zero-order valence-corrected chi connectivity index (χ0v) is 9.39. The molecule has 0 aliphatic carbocycles. The second-order valence-corrected chi connectivity index (χ2v) is 3.84. The van der Waals surface area contributed by atoms with Crippen molar-refractivity contribution in [3.8, 4) is 5.75 Å². The van der Waals surface area contributed by atoms with E-state index in [1.807, 2.05) is 0 Å². The van der Waals surface area contributed by atoms with Crippen LogP contribution in [0, 0.1) is 0 Å². The maximum Gasteiger partial charge on any atom is 0.335 e. The summed E-state index contributed by atoms with van der Waals surface area (Å²) in [4.78, 5) is 10.8. The SMILES string of the molecule is O=C(O)c1cccc(OCC2CNCCO2)c1. The van der Waals surface area contributed by atoms with Crippen molar-refractivity contribution < 1.29 is 19.4 Å². The van der Waals surface area contributed by atoms with Gasteiger partial charge in [0, 0.05) is 13.1 Å². The molecule has 0 spiro atoms. The van der Waals surface area contributed by atoms with Crippen LogP contribution in [0.3, 0.4) is 0 Å². The van der Waals surface area contributed by atoms with Gasteiger partial charge in [0.1, 0.15) is 18.5 Å². The fraction of sp³-hybridized carbons (Fsp3) is 0.417. The second-order valence-electron chi connectivity index (χ2n) is 3.84. The van der Waals surface area contributed by atoms with Gasteiger partial charge in [0.15, 0.2) is 0 Å². The Hall–Kier alpha value is -1.59. The van der Waals surface area contributed by atoms with Crippen LogP contribution in [0.25, 0.3) is 0 Å². The van der Waals surface area contributed by atoms with Gasteiger partial charge in [-0.15, -0.1) is 0 Å². The monoisotopic (exact) mass is 237 g/mol. The van der Waals surface area contributed by atoms with E-state index in [-0.39, 0.29) is 11.7 Å². The quantitative estimate of drug-likeness (QED) is 0.809. The number of ether oxygens (including phenoxy) is 2. The van der Waals surface area contributed by atoms with Crippen LogP contribution in [0.1, 0.15) is 10.4 Å². The van der Waals surface area contributed by atoms with E-state index in [0.717, 1.165) is 13.1 Å². The third-order valence-electron chi connectivity index (χ3n) is 2.52. The lowest BCUT2D eigenvalue weighted by molar-refractivity contribution is 0.000180. The molecule has 1 atom stereocenters. The standard InChI is InChI=1S/C12H15NO4/c14-12(15)9-2-1-3-10(6-9)17-8-11-7-13-4-5-16-11/h1-3,6,11,13H,4-5,7-8H2,(H,14,15). The Kier molecular flexibility index (Phi) is 3.95. The van der Waals surface area contributed by atoms with Crippen molar-refractivity contribution in [1.82, 2.24) is 5.32 Å². The van der Waals surface area contributed by atoms with Crippen LogP contribution in [-0.2, 0) is 4.74 Å². The minimum Gasteiger partial charge on any atom is -0.491 e.